The first kappa shape index (κ1) is 29.8. The van der Waals surface area contributed by atoms with Crippen LogP contribution in [0.2, 0.25) is 0 Å². The van der Waals surface area contributed by atoms with Gasteiger partial charge in [0.25, 0.3) is 0 Å². The highest BCUT2D eigenvalue weighted by molar-refractivity contribution is 6.03. The number of hydrogen-bond acceptors (Lipinski definition) is 5. The molecule has 1 saturated heterocycles. The quantitative estimate of drug-likeness (QED) is 0.235. The van der Waals surface area contributed by atoms with E-state index in [9.17, 15) is 23.1 Å². The molecule has 11 heteroatoms. The van der Waals surface area contributed by atoms with Gasteiger partial charge in [-0.25, -0.2) is 14.6 Å². The summed E-state index contributed by atoms with van der Waals surface area (Å²) in [6.45, 7) is 4.98. The van der Waals surface area contributed by atoms with Crippen LogP contribution < -0.4 is 5.32 Å². The van der Waals surface area contributed by atoms with E-state index in [4.69, 9.17) is 9.90 Å². The van der Waals surface area contributed by atoms with Crippen molar-refractivity contribution in [2.45, 2.75) is 38.5 Å². The molecule has 1 fully saturated rings. The van der Waals surface area contributed by atoms with Crippen LogP contribution in [0, 0.1) is 6.92 Å². The maximum absolute atomic E-state index is 11.8. The molecule has 4 N–H and O–H groups in total. The van der Waals surface area contributed by atoms with Crippen LogP contribution in [0.15, 0.2) is 60.7 Å². The number of carbonyl (C=O) groups is 2. The number of alkyl halides is 3. The molecule has 1 aliphatic heterocycles. The van der Waals surface area contributed by atoms with Crippen molar-refractivity contribution in [3.8, 4) is 22.3 Å². The molecule has 0 aliphatic carbocycles. The average molecular weight is 569 g/mol. The van der Waals surface area contributed by atoms with E-state index in [2.05, 4.69) is 75.8 Å². The molecule has 0 saturated carbocycles. The van der Waals surface area contributed by atoms with Crippen LogP contribution in [0.1, 0.15) is 34.6 Å². The minimum Gasteiger partial charge on any atom is -0.478 e. The first-order valence-corrected chi connectivity index (χ1v) is 13.1. The van der Waals surface area contributed by atoms with Gasteiger partial charge in [0, 0.05) is 12.6 Å². The Balaban J connectivity index is 0.000000493. The number of aromatic nitrogens is 2. The summed E-state index contributed by atoms with van der Waals surface area (Å²) in [5.41, 5.74) is 6.95. The SMILES string of the molecule is Cc1nc2c(C(=O)O)cc(-c3ccc(-c4ccccc4CNC4CCN(C)CC4)cc3)cc2[nH]1.O=C(O)C(F)(F)F. The summed E-state index contributed by atoms with van der Waals surface area (Å²) in [5.74, 6) is -3.02. The average Bonchev–Trinajstić information content (AvgIpc) is 3.32. The highest BCUT2D eigenvalue weighted by Gasteiger charge is 2.38. The third-order valence-electron chi connectivity index (χ3n) is 7.02. The van der Waals surface area contributed by atoms with E-state index < -0.39 is 18.1 Å². The number of H-pyrrole nitrogens is 1. The summed E-state index contributed by atoms with van der Waals surface area (Å²) in [6.07, 6.45) is -2.71. The standard InChI is InChI=1S/C28H30N4O2.C2HF3O2/c1-18-30-26-16-22(15-25(28(33)34)27(26)31-18)19-7-9-20(10-8-19)24-6-4-3-5-21(24)17-29-23-11-13-32(2)14-12-23;3-2(4,5)1(6)7/h3-10,15-16,23,29H,11-14,17H2,1-2H3,(H,30,31)(H,33,34);(H,6,7). The van der Waals surface area contributed by atoms with E-state index in [1.54, 1.807) is 6.07 Å². The number of hydrogen-bond donors (Lipinski definition) is 4. The van der Waals surface area contributed by atoms with Gasteiger partial charge in [-0.05, 0) is 79.9 Å². The van der Waals surface area contributed by atoms with Gasteiger partial charge in [-0.1, -0.05) is 48.5 Å². The summed E-state index contributed by atoms with van der Waals surface area (Å²) >= 11 is 0. The molecule has 0 radical (unpaired) electrons. The zero-order valence-electron chi connectivity index (χ0n) is 22.6. The van der Waals surface area contributed by atoms with E-state index in [1.165, 1.54) is 24.0 Å². The Hall–Kier alpha value is -4.22. The maximum atomic E-state index is 11.8. The van der Waals surface area contributed by atoms with Crippen LogP contribution in [0.3, 0.4) is 0 Å². The Morgan fingerprint density at radius 3 is 2.22 bits per heavy atom. The lowest BCUT2D eigenvalue weighted by Gasteiger charge is -2.29. The van der Waals surface area contributed by atoms with Crippen molar-refractivity contribution in [2.24, 2.45) is 0 Å². The molecule has 1 aliphatic rings. The Bertz CT molecular complexity index is 1530. The first-order valence-electron chi connectivity index (χ1n) is 13.1. The molecular weight excluding hydrogens is 537 g/mol. The fourth-order valence-corrected chi connectivity index (χ4v) is 4.84. The molecule has 0 bridgehead atoms. The number of rotatable bonds is 6. The number of fused-ring (bicyclic) bond motifs is 1. The summed E-state index contributed by atoms with van der Waals surface area (Å²) < 4.78 is 31.7. The second-order valence-corrected chi connectivity index (χ2v) is 10.0. The zero-order valence-corrected chi connectivity index (χ0v) is 22.6. The maximum Gasteiger partial charge on any atom is 0.490 e. The van der Waals surface area contributed by atoms with Crippen molar-refractivity contribution in [2.75, 3.05) is 20.1 Å². The first-order chi connectivity index (χ1) is 19.4. The normalized spacial score (nSPS) is 14.5. The predicted molar refractivity (Wildman–Crippen MR) is 150 cm³/mol. The molecule has 0 atom stereocenters. The molecular formula is C30H31F3N4O4. The number of likely N-dealkylation sites (tertiary alicyclic amines) is 1. The number of aromatic carboxylic acids is 1. The van der Waals surface area contributed by atoms with Crippen molar-refractivity contribution in [3.05, 3.63) is 77.6 Å². The van der Waals surface area contributed by atoms with Gasteiger partial charge in [-0.3, -0.25) is 0 Å². The van der Waals surface area contributed by atoms with E-state index in [-0.39, 0.29) is 5.56 Å². The summed E-state index contributed by atoms with van der Waals surface area (Å²) in [5, 5.41) is 20.6. The van der Waals surface area contributed by atoms with Crippen molar-refractivity contribution < 1.29 is 33.0 Å². The number of piperidine rings is 1. The molecule has 5 rings (SSSR count). The van der Waals surface area contributed by atoms with E-state index in [0.717, 1.165) is 41.8 Å². The number of halogens is 3. The lowest BCUT2D eigenvalue weighted by Crippen LogP contribution is -2.40. The number of carboxylic acid groups (broad SMARTS) is 2. The zero-order chi connectivity index (χ0) is 29.7. The molecule has 1 aromatic heterocycles. The molecule has 216 valence electrons. The Morgan fingerprint density at radius 2 is 1.61 bits per heavy atom. The number of nitrogens with zero attached hydrogens (tertiary/aromatic N) is 2. The molecule has 4 aromatic rings. The lowest BCUT2D eigenvalue weighted by molar-refractivity contribution is -0.192. The fourth-order valence-electron chi connectivity index (χ4n) is 4.84. The Labute approximate surface area is 234 Å². The number of aliphatic carboxylic acids is 1. The van der Waals surface area contributed by atoms with Crippen LogP contribution in [0.4, 0.5) is 13.2 Å². The van der Waals surface area contributed by atoms with E-state index in [0.29, 0.717) is 17.4 Å². The number of benzene rings is 3. The monoisotopic (exact) mass is 568 g/mol. The van der Waals surface area contributed by atoms with Gasteiger partial charge in [-0.15, -0.1) is 0 Å². The largest absolute Gasteiger partial charge is 0.490 e. The van der Waals surface area contributed by atoms with Crippen molar-refractivity contribution in [1.29, 1.82) is 0 Å². The number of carboxylic acids is 2. The summed E-state index contributed by atoms with van der Waals surface area (Å²) in [7, 11) is 2.19. The smallest absolute Gasteiger partial charge is 0.478 e. The lowest BCUT2D eigenvalue weighted by atomic mass is 9.95. The van der Waals surface area contributed by atoms with Gasteiger partial charge < -0.3 is 25.4 Å². The molecule has 3 aromatic carbocycles. The van der Waals surface area contributed by atoms with Gasteiger partial charge in [-0.2, -0.15) is 13.2 Å². The van der Waals surface area contributed by atoms with Crippen LogP contribution in [0.25, 0.3) is 33.3 Å². The molecule has 0 amide bonds. The van der Waals surface area contributed by atoms with Crippen LogP contribution >= 0.6 is 0 Å². The van der Waals surface area contributed by atoms with Crippen LogP contribution in [-0.2, 0) is 11.3 Å². The fraction of sp³-hybridized carbons (Fsp3) is 0.300. The molecule has 0 unspecified atom stereocenters. The topological polar surface area (TPSA) is 119 Å². The second-order valence-electron chi connectivity index (χ2n) is 10.0. The van der Waals surface area contributed by atoms with E-state index in [1.807, 2.05) is 13.0 Å². The summed E-state index contributed by atoms with van der Waals surface area (Å²) in [6, 6.07) is 21.1. The van der Waals surface area contributed by atoms with E-state index >= 15 is 0 Å². The Kier molecular flexibility index (Phi) is 9.09. The third-order valence-corrected chi connectivity index (χ3v) is 7.02. The number of aryl methyl sites for hydroxylation is 1. The molecule has 0 spiro atoms. The van der Waals surface area contributed by atoms with Crippen molar-refractivity contribution in [3.63, 3.8) is 0 Å². The number of nitrogens with one attached hydrogen (secondary N) is 2. The predicted octanol–water partition coefficient (Wildman–Crippen LogP) is 5.72. The molecule has 41 heavy (non-hydrogen) atoms. The molecule has 2 heterocycles. The van der Waals surface area contributed by atoms with Crippen molar-refractivity contribution in [1.82, 2.24) is 20.2 Å². The highest BCUT2D eigenvalue weighted by Crippen LogP contribution is 2.30. The van der Waals surface area contributed by atoms with Gasteiger partial charge in [0.1, 0.15) is 11.3 Å². The van der Waals surface area contributed by atoms with Gasteiger partial charge in [0.2, 0.25) is 0 Å². The summed E-state index contributed by atoms with van der Waals surface area (Å²) in [4.78, 5) is 30.6. The number of imidazole rings is 1. The van der Waals surface area contributed by atoms with Crippen molar-refractivity contribution >= 4 is 23.0 Å². The minimum absolute atomic E-state index is 0.214. The molecule has 8 nitrogen and oxygen atoms in total. The minimum atomic E-state index is -5.08. The van der Waals surface area contributed by atoms with Crippen LogP contribution in [-0.4, -0.2) is 69.4 Å². The van der Waals surface area contributed by atoms with Gasteiger partial charge in [0.15, 0.2) is 0 Å². The van der Waals surface area contributed by atoms with Gasteiger partial charge >= 0.3 is 18.1 Å². The van der Waals surface area contributed by atoms with Gasteiger partial charge in [0.05, 0.1) is 11.1 Å². The number of aromatic amines is 1. The Morgan fingerprint density at radius 1 is 1.00 bits per heavy atom. The van der Waals surface area contributed by atoms with Crippen LogP contribution in [0.5, 0.6) is 0 Å². The highest BCUT2D eigenvalue weighted by atomic mass is 19.4. The third kappa shape index (κ3) is 7.50. The second kappa shape index (κ2) is 12.5.